The van der Waals surface area contributed by atoms with Crippen LogP contribution in [0.4, 0.5) is 4.39 Å². The molecule has 7 heteroatoms. The number of methoxy groups -OCH3 is 1. The van der Waals surface area contributed by atoms with Crippen LogP contribution < -0.4 is 9.47 Å². The fourth-order valence-corrected chi connectivity index (χ4v) is 5.32. The van der Waals surface area contributed by atoms with E-state index in [1.165, 1.54) is 11.6 Å². The Kier molecular flexibility index (Phi) is 6.46. The van der Waals surface area contributed by atoms with Crippen molar-refractivity contribution in [1.29, 1.82) is 0 Å². The molecule has 1 aromatic heterocycles. The van der Waals surface area contributed by atoms with Gasteiger partial charge in [0.05, 0.1) is 13.2 Å². The summed E-state index contributed by atoms with van der Waals surface area (Å²) in [6.07, 6.45) is 3.95. The van der Waals surface area contributed by atoms with Crippen LogP contribution in [0.2, 0.25) is 0 Å². The summed E-state index contributed by atoms with van der Waals surface area (Å²) >= 11 is 0. The van der Waals surface area contributed by atoms with Gasteiger partial charge in [-0.2, -0.15) is 0 Å². The Morgan fingerprint density at radius 2 is 1.88 bits per heavy atom. The van der Waals surface area contributed by atoms with E-state index in [1.807, 2.05) is 23.1 Å². The van der Waals surface area contributed by atoms with Crippen LogP contribution in [0, 0.1) is 5.82 Å². The highest BCUT2D eigenvalue weighted by Crippen LogP contribution is 2.33. The first-order chi connectivity index (χ1) is 16.5. The van der Waals surface area contributed by atoms with Crippen LogP contribution in [0.3, 0.4) is 0 Å². The maximum Gasteiger partial charge on any atom is 0.242 e. The predicted molar refractivity (Wildman–Crippen MR) is 128 cm³/mol. The fourth-order valence-electron chi connectivity index (χ4n) is 5.32. The molecule has 180 valence electrons. The topological polar surface area (TPSA) is 63.9 Å². The van der Waals surface area contributed by atoms with Gasteiger partial charge in [-0.1, -0.05) is 6.07 Å². The lowest BCUT2D eigenvalue weighted by Crippen LogP contribution is -2.35. The maximum absolute atomic E-state index is 14.0. The molecule has 1 saturated heterocycles. The van der Waals surface area contributed by atoms with Crippen molar-refractivity contribution in [3.05, 3.63) is 59.5 Å². The minimum Gasteiger partial charge on any atom is -0.497 e. The fraction of sp³-hybridized carbons (Fsp3) is 0.444. The van der Waals surface area contributed by atoms with Gasteiger partial charge in [0, 0.05) is 42.2 Å². The molecular formula is C27H31FN2O4. The lowest BCUT2D eigenvalue weighted by Gasteiger charge is -2.23. The standard InChI is InChI=1S/C27H31FN2O4/c1-33-19-5-4-6-20(16-19)34-26-12-14-29(13-11-25(26)31)27(32)17-30-23-8-3-2-7-21(23)22-15-18(28)9-10-24(22)30/h4-6,9-10,15-16,25-26,31H,2-3,7-8,11-14,17H2,1H3/t25-,26-/m0/s1. The van der Waals surface area contributed by atoms with Crippen molar-refractivity contribution in [2.75, 3.05) is 20.2 Å². The minimum absolute atomic E-state index is 0.0174. The summed E-state index contributed by atoms with van der Waals surface area (Å²) in [4.78, 5) is 15.2. The number of carbonyl (C=O) groups excluding carboxylic acids is 1. The second-order valence-corrected chi connectivity index (χ2v) is 9.24. The van der Waals surface area contributed by atoms with Crippen molar-refractivity contribution in [1.82, 2.24) is 9.47 Å². The van der Waals surface area contributed by atoms with E-state index in [-0.39, 0.29) is 18.3 Å². The van der Waals surface area contributed by atoms with Crippen LogP contribution in [-0.4, -0.2) is 52.9 Å². The van der Waals surface area contributed by atoms with E-state index in [2.05, 4.69) is 4.57 Å². The number of aliphatic hydroxyl groups excluding tert-OH is 1. The number of hydrogen-bond donors (Lipinski definition) is 1. The Morgan fingerprint density at radius 1 is 1.09 bits per heavy atom. The molecule has 34 heavy (non-hydrogen) atoms. The molecule has 5 rings (SSSR count). The van der Waals surface area contributed by atoms with Crippen molar-refractivity contribution in [2.45, 2.75) is 57.3 Å². The summed E-state index contributed by atoms with van der Waals surface area (Å²) in [5, 5.41) is 11.6. The second-order valence-electron chi connectivity index (χ2n) is 9.24. The van der Waals surface area contributed by atoms with Gasteiger partial charge in [0.25, 0.3) is 0 Å². The average Bonchev–Trinajstić information content (AvgIpc) is 3.02. The number of aromatic nitrogens is 1. The molecule has 2 aliphatic rings. The van der Waals surface area contributed by atoms with E-state index in [0.29, 0.717) is 37.4 Å². The second kappa shape index (κ2) is 9.66. The lowest BCUT2D eigenvalue weighted by atomic mass is 9.95. The Morgan fingerprint density at radius 3 is 2.74 bits per heavy atom. The molecule has 0 saturated carbocycles. The van der Waals surface area contributed by atoms with Gasteiger partial charge in [0.2, 0.25) is 5.91 Å². The molecule has 0 spiro atoms. The zero-order chi connectivity index (χ0) is 23.7. The molecule has 6 nitrogen and oxygen atoms in total. The number of carbonyl (C=O) groups is 1. The monoisotopic (exact) mass is 466 g/mol. The number of likely N-dealkylation sites (tertiary alicyclic amines) is 1. The molecule has 1 N–H and O–H groups in total. The molecule has 0 bridgehead atoms. The molecule has 1 fully saturated rings. The van der Waals surface area contributed by atoms with Gasteiger partial charge in [0.15, 0.2) is 0 Å². The largest absolute Gasteiger partial charge is 0.497 e. The molecule has 2 atom stereocenters. The van der Waals surface area contributed by atoms with Crippen molar-refractivity contribution < 1.29 is 23.8 Å². The summed E-state index contributed by atoms with van der Waals surface area (Å²) in [5.41, 5.74) is 3.27. The highest BCUT2D eigenvalue weighted by atomic mass is 19.1. The summed E-state index contributed by atoms with van der Waals surface area (Å²) in [7, 11) is 1.60. The van der Waals surface area contributed by atoms with Gasteiger partial charge in [0.1, 0.15) is 30.0 Å². The third-order valence-electron chi connectivity index (χ3n) is 7.12. The van der Waals surface area contributed by atoms with Crippen LogP contribution in [-0.2, 0) is 24.2 Å². The van der Waals surface area contributed by atoms with Gasteiger partial charge in [-0.15, -0.1) is 0 Å². The number of rotatable bonds is 5. The first-order valence-electron chi connectivity index (χ1n) is 12.1. The van der Waals surface area contributed by atoms with Crippen LogP contribution >= 0.6 is 0 Å². The Labute approximate surface area is 198 Å². The Hall–Kier alpha value is -3.06. The Bertz CT molecular complexity index is 1190. The maximum atomic E-state index is 14.0. The number of halogens is 1. The zero-order valence-electron chi connectivity index (χ0n) is 19.5. The number of benzene rings is 2. The predicted octanol–water partition coefficient (Wildman–Crippen LogP) is 4.10. The molecule has 2 heterocycles. The van der Waals surface area contributed by atoms with Crippen LogP contribution in [0.1, 0.15) is 36.9 Å². The zero-order valence-corrected chi connectivity index (χ0v) is 19.5. The number of nitrogens with zero attached hydrogens (tertiary/aromatic N) is 2. The molecule has 1 aliphatic heterocycles. The summed E-state index contributed by atoms with van der Waals surface area (Å²) in [6.45, 7) is 1.23. The van der Waals surface area contributed by atoms with Gasteiger partial charge in [-0.3, -0.25) is 4.79 Å². The highest BCUT2D eigenvalue weighted by Gasteiger charge is 2.29. The molecule has 1 amide bonds. The number of ether oxygens (including phenoxy) is 2. The number of aliphatic hydroxyl groups is 1. The van der Waals surface area contributed by atoms with E-state index >= 15 is 0 Å². The van der Waals surface area contributed by atoms with Gasteiger partial charge < -0.3 is 24.0 Å². The molecule has 0 unspecified atom stereocenters. The molecule has 1 aliphatic carbocycles. The first-order valence-corrected chi connectivity index (χ1v) is 12.1. The van der Waals surface area contributed by atoms with Crippen LogP contribution in [0.5, 0.6) is 11.5 Å². The smallest absolute Gasteiger partial charge is 0.242 e. The molecular weight excluding hydrogens is 435 g/mol. The molecule has 0 radical (unpaired) electrons. The van der Waals surface area contributed by atoms with Gasteiger partial charge in [-0.05, 0) is 68.0 Å². The van der Waals surface area contributed by atoms with E-state index < -0.39 is 12.2 Å². The molecule has 2 aromatic carbocycles. The van der Waals surface area contributed by atoms with E-state index in [4.69, 9.17) is 9.47 Å². The van der Waals surface area contributed by atoms with Crippen molar-refractivity contribution in [3.8, 4) is 11.5 Å². The van der Waals surface area contributed by atoms with Crippen LogP contribution in [0.25, 0.3) is 10.9 Å². The average molecular weight is 467 g/mol. The van der Waals surface area contributed by atoms with Gasteiger partial charge in [-0.25, -0.2) is 4.39 Å². The van der Waals surface area contributed by atoms with Crippen molar-refractivity contribution in [2.24, 2.45) is 0 Å². The number of hydrogen-bond acceptors (Lipinski definition) is 4. The Balaban J connectivity index is 1.31. The number of amides is 1. The van der Waals surface area contributed by atoms with Gasteiger partial charge >= 0.3 is 0 Å². The van der Waals surface area contributed by atoms with E-state index in [1.54, 1.807) is 25.3 Å². The SMILES string of the molecule is COc1cccc(O[C@H]2CCN(C(=O)Cn3c4c(c5cc(F)ccc53)CCCC4)CC[C@@H]2O)c1. The quantitative estimate of drug-likeness (QED) is 0.615. The highest BCUT2D eigenvalue weighted by molar-refractivity contribution is 5.88. The van der Waals surface area contributed by atoms with Crippen molar-refractivity contribution >= 4 is 16.8 Å². The van der Waals surface area contributed by atoms with Crippen molar-refractivity contribution in [3.63, 3.8) is 0 Å². The summed E-state index contributed by atoms with van der Waals surface area (Å²) in [6, 6.07) is 12.2. The third kappa shape index (κ3) is 4.49. The number of fused-ring (bicyclic) bond motifs is 3. The summed E-state index contributed by atoms with van der Waals surface area (Å²) in [5.74, 6) is 1.11. The minimum atomic E-state index is -0.660. The lowest BCUT2D eigenvalue weighted by molar-refractivity contribution is -0.131. The molecule has 3 aromatic rings. The number of aryl methyl sites for hydroxylation is 1. The van der Waals surface area contributed by atoms with E-state index in [0.717, 1.165) is 42.3 Å². The van der Waals surface area contributed by atoms with Crippen LogP contribution in [0.15, 0.2) is 42.5 Å². The van der Waals surface area contributed by atoms with E-state index in [9.17, 15) is 14.3 Å². The first kappa shape index (κ1) is 22.7. The summed E-state index contributed by atoms with van der Waals surface area (Å²) < 4.78 is 27.4. The normalized spacial score (nSPS) is 20.6. The third-order valence-corrected chi connectivity index (χ3v) is 7.12.